The first-order chi connectivity index (χ1) is 14.3. The van der Waals surface area contributed by atoms with Crippen LogP contribution in [0.1, 0.15) is 22.3 Å². The highest BCUT2D eigenvalue weighted by atomic mass is 19.1. The van der Waals surface area contributed by atoms with Crippen LogP contribution in [0.5, 0.6) is 0 Å². The number of nitrogen functional groups attached to an aromatic ring is 1. The number of pyridine rings is 1. The van der Waals surface area contributed by atoms with Gasteiger partial charge in [-0.3, -0.25) is 4.79 Å². The zero-order valence-corrected chi connectivity index (χ0v) is 16.4. The summed E-state index contributed by atoms with van der Waals surface area (Å²) < 4.78 is 14.6. The van der Waals surface area contributed by atoms with Crippen LogP contribution in [-0.4, -0.2) is 46.1 Å². The molecule has 4 rings (SSSR count). The molecule has 2 heterocycles. The molecule has 154 valence electrons. The maximum Gasteiger partial charge on any atom is 0.407 e. The van der Waals surface area contributed by atoms with E-state index < -0.39 is 6.09 Å². The lowest BCUT2D eigenvalue weighted by atomic mass is 9.94. The van der Waals surface area contributed by atoms with Crippen LogP contribution in [0, 0.1) is 12.7 Å². The van der Waals surface area contributed by atoms with Crippen LogP contribution < -0.4 is 11.1 Å². The summed E-state index contributed by atoms with van der Waals surface area (Å²) >= 11 is 0. The van der Waals surface area contributed by atoms with Gasteiger partial charge in [-0.25, -0.2) is 14.2 Å². The van der Waals surface area contributed by atoms with Gasteiger partial charge in [0, 0.05) is 41.8 Å². The number of carboxylic acid groups (broad SMARTS) is 1. The van der Waals surface area contributed by atoms with Crippen molar-refractivity contribution in [2.24, 2.45) is 0 Å². The van der Waals surface area contributed by atoms with Crippen molar-refractivity contribution in [2.75, 3.05) is 18.8 Å². The summed E-state index contributed by atoms with van der Waals surface area (Å²) in [5.41, 5.74) is 7.90. The van der Waals surface area contributed by atoms with Crippen LogP contribution in [-0.2, 0) is 0 Å². The fourth-order valence-electron chi connectivity index (χ4n) is 3.92. The molecule has 0 saturated carbocycles. The van der Waals surface area contributed by atoms with E-state index in [1.54, 1.807) is 30.5 Å². The van der Waals surface area contributed by atoms with Crippen molar-refractivity contribution < 1.29 is 19.1 Å². The highest BCUT2D eigenvalue weighted by Crippen LogP contribution is 2.32. The summed E-state index contributed by atoms with van der Waals surface area (Å²) in [5, 5.41) is 13.3. The van der Waals surface area contributed by atoms with Crippen LogP contribution in [0.3, 0.4) is 0 Å². The first-order valence-electron chi connectivity index (χ1n) is 9.57. The smallest absolute Gasteiger partial charge is 0.407 e. The number of hydrogen-bond donors (Lipinski definition) is 3. The molecule has 4 N–H and O–H groups in total. The van der Waals surface area contributed by atoms with Crippen LogP contribution in [0.15, 0.2) is 42.6 Å². The lowest BCUT2D eigenvalue weighted by Crippen LogP contribution is -2.38. The number of carbonyl (C=O) groups excluding carboxylic acids is 1. The predicted molar refractivity (Wildman–Crippen MR) is 112 cm³/mol. The Kier molecular flexibility index (Phi) is 4.99. The maximum atomic E-state index is 14.6. The molecule has 1 fully saturated rings. The van der Waals surface area contributed by atoms with Crippen molar-refractivity contribution in [3.05, 3.63) is 59.5 Å². The van der Waals surface area contributed by atoms with Crippen LogP contribution in [0.25, 0.3) is 21.9 Å². The standard InChI is InChI=1S/C22H21FN4O3/c1-12-3-2-4-18(23)20(12)13-7-14-10-25-19(24)9-16(14)17(8-13)21(28)26-15-5-6-27(11-15)22(29)30/h2-4,7-10,15H,5-6,11H2,1H3,(H2,24,25)(H,26,28)(H,29,30). The van der Waals surface area contributed by atoms with E-state index in [9.17, 15) is 14.0 Å². The molecule has 2 aromatic carbocycles. The summed E-state index contributed by atoms with van der Waals surface area (Å²) in [7, 11) is 0. The number of nitrogens with two attached hydrogens (primary N) is 1. The van der Waals surface area contributed by atoms with Gasteiger partial charge in [-0.05, 0) is 54.1 Å². The highest BCUT2D eigenvalue weighted by Gasteiger charge is 2.28. The first-order valence-corrected chi connectivity index (χ1v) is 9.57. The van der Waals surface area contributed by atoms with Crippen molar-refractivity contribution >= 4 is 28.6 Å². The van der Waals surface area contributed by atoms with Crippen LogP contribution >= 0.6 is 0 Å². The quantitative estimate of drug-likeness (QED) is 0.615. The molecule has 1 aromatic heterocycles. The van der Waals surface area contributed by atoms with Crippen molar-refractivity contribution in [2.45, 2.75) is 19.4 Å². The van der Waals surface area contributed by atoms with Gasteiger partial charge in [0.15, 0.2) is 0 Å². The second kappa shape index (κ2) is 7.62. The molecule has 1 atom stereocenters. The van der Waals surface area contributed by atoms with E-state index >= 15 is 0 Å². The van der Waals surface area contributed by atoms with Gasteiger partial charge in [0.25, 0.3) is 5.91 Å². The molecule has 0 radical (unpaired) electrons. The number of carbonyl (C=O) groups is 2. The number of halogens is 1. The molecule has 2 amide bonds. The number of rotatable bonds is 3. The Morgan fingerprint density at radius 3 is 2.80 bits per heavy atom. The average molecular weight is 408 g/mol. The van der Waals surface area contributed by atoms with Crippen molar-refractivity contribution in [1.82, 2.24) is 15.2 Å². The van der Waals surface area contributed by atoms with Gasteiger partial charge in [0.05, 0.1) is 0 Å². The normalized spacial score (nSPS) is 16.1. The monoisotopic (exact) mass is 408 g/mol. The van der Waals surface area contributed by atoms with Gasteiger partial charge in [-0.2, -0.15) is 0 Å². The molecule has 1 unspecified atom stereocenters. The highest BCUT2D eigenvalue weighted by molar-refractivity contribution is 6.09. The van der Waals surface area contributed by atoms with E-state index in [0.717, 1.165) is 5.56 Å². The van der Waals surface area contributed by atoms with E-state index in [2.05, 4.69) is 10.3 Å². The molecule has 7 nitrogen and oxygen atoms in total. The number of amides is 2. The number of hydrogen-bond acceptors (Lipinski definition) is 4. The van der Waals surface area contributed by atoms with Gasteiger partial charge in [0.2, 0.25) is 0 Å². The van der Waals surface area contributed by atoms with Gasteiger partial charge in [-0.1, -0.05) is 12.1 Å². The number of likely N-dealkylation sites (tertiary alicyclic amines) is 1. The topological polar surface area (TPSA) is 109 Å². The van der Waals surface area contributed by atoms with Gasteiger partial charge >= 0.3 is 6.09 Å². The maximum absolute atomic E-state index is 14.6. The molecule has 1 aliphatic rings. The van der Waals surface area contributed by atoms with Gasteiger partial charge in [0.1, 0.15) is 11.6 Å². The Hall–Kier alpha value is -3.68. The zero-order chi connectivity index (χ0) is 21.4. The van der Waals surface area contributed by atoms with Crippen LogP contribution in [0.4, 0.5) is 15.0 Å². The molecule has 3 aromatic rings. The summed E-state index contributed by atoms with van der Waals surface area (Å²) in [4.78, 5) is 29.6. The van der Waals surface area contributed by atoms with Gasteiger partial charge in [-0.15, -0.1) is 0 Å². The minimum Gasteiger partial charge on any atom is -0.465 e. The Balaban J connectivity index is 1.77. The zero-order valence-electron chi connectivity index (χ0n) is 16.4. The van der Waals surface area contributed by atoms with E-state index in [-0.39, 0.29) is 30.1 Å². The molecule has 1 saturated heterocycles. The number of fused-ring (bicyclic) bond motifs is 1. The largest absolute Gasteiger partial charge is 0.465 e. The summed E-state index contributed by atoms with van der Waals surface area (Å²) in [6.07, 6.45) is 1.09. The Labute approximate surface area is 172 Å². The Morgan fingerprint density at radius 2 is 2.10 bits per heavy atom. The number of nitrogens with one attached hydrogen (secondary N) is 1. The minimum absolute atomic E-state index is 0.231. The van der Waals surface area contributed by atoms with Crippen molar-refractivity contribution in [3.8, 4) is 11.1 Å². The van der Waals surface area contributed by atoms with Crippen molar-refractivity contribution in [1.29, 1.82) is 0 Å². The SMILES string of the molecule is Cc1cccc(F)c1-c1cc(C(=O)NC2CCN(C(=O)O)C2)c2cc(N)ncc2c1. The minimum atomic E-state index is -1.01. The molecular weight excluding hydrogens is 387 g/mol. The van der Waals surface area contributed by atoms with Gasteiger partial charge < -0.3 is 21.1 Å². The third-order valence-electron chi connectivity index (χ3n) is 5.41. The molecule has 0 spiro atoms. The number of benzene rings is 2. The van der Waals surface area contributed by atoms with Crippen LogP contribution in [0.2, 0.25) is 0 Å². The fourth-order valence-corrected chi connectivity index (χ4v) is 3.92. The van der Waals surface area contributed by atoms with Crippen molar-refractivity contribution in [3.63, 3.8) is 0 Å². The molecular formula is C22H21FN4O3. The van der Waals surface area contributed by atoms with E-state index in [1.165, 1.54) is 11.0 Å². The average Bonchev–Trinajstić information content (AvgIpc) is 3.16. The predicted octanol–water partition coefficient (Wildman–Crippen LogP) is 3.41. The lowest BCUT2D eigenvalue weighted by molar-refractivity contribution is 0.0937. The van der Waals surface area contributed by atoms with E-state index in [4.69, 9.17) is 10.8 Å². The fraction of sp³-hybridized carbons (Fsp3) is 0.227. The Bertz CT molecular complexity index is 1140. The number of aryl methyl sites for hydroxylation is 1. The second-order valence-corrected chi connectivity index (χ2v) is 7.47. The molecule has 0 bridgehead atoms. The molecule has 8 heteroatoms. The number of anilines is 1. The third-order valence-corrected chi connectivity index (χ3v) is 5.41. The summed E-state index contributed by atoms with van der Waals surface area (Å²) in [6, 6.07) is 9.58. The molecule has 1 aliphatic heterocycles. The van der Waals surface area contributed by atoms with E-state index in [0.29, 0.717) is 40.4 Å². The Morgan fingerprint density at radius 1 is 1.30 bits per heavy atom. The number of nitrogens with zero attached hydrogens (tertiary/aromatic N) is 2. The molecule has 30 heavy (non-hydrogen) atoms. The summed E-state index contributed by atoms with van der Waals surface area (Å²) in [6.45, 7) is 2.41. The molecule has 0 aliphatic carbocycles. The van der Waals surface area contributed by atoms with E-state index in [1.807, 2.05) is 13.0 Å². The second-order valence-electron chi connectivity index (χ2n) is 7.47. The number of aromatic nitrogens is 1. The third kappa shape index (κ3) is 3.63. The summed E-state index contributed by atoms with van der Waals surface area (Å²) in [5.74, 6) is -0.472. The first kappa shape index (κ1) is 19.6. The lowest BCUT2D eigenvalue weighted by Gasteiger charge is -2.16.